The van der Waals surface area contributed by atoms with Crippen molar-refractivity contribution in [2.75, 3.05) is 39.2 Å². The van der Waals surface area contributed by atoms with Crippen LogP contribution in [0.3, 0.4) is 0 Å². The lowest BCUT2D eigenvalue weighted by atomic mass is 10.3. The number of hydrogen-bond acceptors (Lipinski definition) is 4. The normalized spacial score (nSPS) is 10.5. The fraction of sp³-hybridized carbons (Fsp3) is 0.462. The first-order chi connectivity index (χ1) is 9.43. The Kier molecular flexibility index (Phi) is 6.91. The van der Waals surface area contributed by atoms with Gasteiger partial charge in [-0.3, -0.25) is 5.32 Å². The van der Waals surface area contributed by atoms with Gasteiger partial charge in [-0.2, -0.15) is 0 Å². The average Bonchev–Trinajstić information content (AvgIpc) is 2.34. The molecule has 0 atom stereocenters. The molecule has 0 saturated heterocycles. The lowest BCUT2D eigenvalue weighted by Crippen LogP contribution is -2.22. The van der Waals surface area contributed by atoms with Crippen molar-refractivity contribution in [1.82, 2.24) is 4.90 Å². The molecule has 5 nitrogen and oxygen atoms in total. The van der Waals surface area contributed by atoms with E-state index in [0.717, 1.165) is 0 Å². The summed E-state index contributed by atoms with van der Waals surface area (Å²) in [7, 11) is 3.78. The molecule has 7 heteroatoms. The van der Waals surface area contributed by atoms with Crippen molar-refractivity contribution in [3.63, 3.8) is 0 Å². The molecule has 0 aliphatic heterocycles. The number of anilines is 1. The molecular formula is C13H18Cl2N2O3. The molecule has 0 radical (unpaired) electrons. The zero-order chi connectivity index (χ0) is 15.1. The number of likely N-dealkylation sites (N-methyl/N-ethyl adjacent to an activating group) is 1. The second kappa shape index (κ2) is 8.19. The van der Waals surface area contributed by atoms with Crippen LogP contribution in [0.25, 0.3) is 0 Å². The van der Waals surface area contributed by atoms with Gasteiger partial charge in [-0.15, -0.1) is 0 Å². The Bertz CT molecular complexity index is 444. The van der Waals surface area contributed by atoms with Crippen LogP contribution in [0.2, 0.25) is 10.0 Å². The number of carbonyl (C=O) groups excluding carboxylic acids is 1. The lowest BCUT2D eigenvalue weighted by molar-refractivity contribution is 0.151. The molecule has 0 fully saturated rings. The maximum atomic E-state index is 11.6. The Balaban J connectivity index is 2.65. The lowest BCUT2D eigenvalue weighted by Gasteiger charge is -2.13. The van der Waals surface area contributed by atoms with Crippen molar-refractivity contribution in [2.45, 2.75) is 6.92 Å². The summed E-state index contributed by atoms with van der Waals surface area (Å²) in [6, 6.07) is 3.18. The predicted octanol–water partition coefficient (Wildman–Crippen LogP) is 3.50. The molecule has 1 aromatic rings. The van der Waals surface area contributed by atoms with Gasteiger partial charge in [0.2, 0.25) is 0 Å². The summed E-state index contributed by atoms with van der Waals surface area (Å²) in [5.74, 6) is 0.550. The Labute approximate surface area is 128 Å². The topological polar surface area (TPSA) is 50.8 Å². The van der Waals surface area contributed by atoms with Gasteiger partial charge in [-0.1, -0.05) is 23.2 Å². The maximum Gasteiger partial charge on any atom is 0.411 e. The third kappa shape index (κ3) is 5.45. The Morgan fingerprint density at radius 2 is 1.90 bits per heavy atom. The highest BCUT2D eigenvalue weighted by molar-refractivity contribution is 6.39. The Morgan fingerprint density at radius 1 is 1.30 bits per heavy atom. The molecule has 0 spiro atoms. The monoisotopic (exact) mass is 320 g/mol. The van der Waals surface area contributed by atoms with Crippen LogP contribution in [0.4, 0.5) is 10.5 Å². The van der Waals surface area contributed by atoms with E-state index in [1.807, 2.05) is 25.9 Å². The van der Waals surface area contributed by atoms with Crippen LogP contribution in [0.5, 0.6) is 5.75 Å². The zero-order valence-electron chi connectivity index (χ0n) is 11.7. The van der Waals surface area contributed by atoms with Crippen LogP contribution >= 0.6 is 23.2 Å². The average molecular weight is 321 g/mol. The number of ether oxygens (including phenoxy) is 2. The van der Waals surface area contributed by atoms with Crippen LogP contribution in [0.15, 0.2) is 12.1 Å². The second-order valence-corrected chi connectivity index (χ2v) is 5.07. The summed E-state index contributed by atoms with van der Waals surface area (Å²) >= 11 is 12.1. The molecule has 1 aromatic carbocycles. The van der Waals surface area contributed by atoms with Gasteiger partial charge in [-0.25, -0.2) is 4.79 Å². The fourth-order valence-corrected chi connectivity index (χ4v) is 1.94. The summed E-state index contributed by atoms with van der Waals surface area (Å²) in [4.78, 5) is 13.5. The first-order valence-corrected chi connectivity index (χ1v) is 6.90. The number of nitrogens with zero attached hydrogens (tertiary/aromatic N) is 1. The Morgan fingerprint density at radius 3 is 2.40 bits per heavy atom. The fourth-order valence-electron chi connectivity index (χ4n) is 1.38. The van der Waals surface area contributed by atoms with Crippen molar-refractivity contribution in [3.05, 3.63) is 22.2 Å². The first-order valence-electron chi connectivity index (χ1n) is 6.14. The first kappa shape index (κ1) is 16.9. The quantitative estimate of drug-likeness (QED) is 0.871. The summed E-state index contributed by atoms with van der Waals surface area (Å²) in [6.07, 6.45) is -0.597. The molecule has 0 heterocycles. The number of carbonyl (C=O) groups is 1. The van der Waals surface area contributed by atoms with Gasteiger partial charge in [-0.05, 0) is 21.0 Å². The van der Waals surface area contributed by atoms with Gasteiger partial charge >= 0.3 is 6.09 Å². The van der Waals surface area contributed by atoms with E-state index in [9.17, 15) is 4.79 Å². The summed E-state index contributed by atoms with van der Waals surface area (Å²) in [5.41, 5.74) is 0.312. The number of nitrogens with one attached hydrogen (secondary N) is 1. The minimum Gasteiger partial charge on any atom is -0.494 e. The Hall–Kier alpha value is -1.17. The van der Waals surface area contributed by atoms with Crippen LogP contribution in [-0.2, 0) is 4.74 Å². The molecule has 0 bridgehead atoms. The van der Waals surface area contributed by atoms with Crippen molar-refractivity contribution in [3.8, 4) is 5.75 Å². The van der Waals surface area contributed by atoms with E-state index < -0.39 is 6.09 Å². The van der Waals surface area contributed by atoms with Crippen molar-refractivity contribution < 1.29 is 14.3 Å². The van der Waals surface area contributed by atoms with Crippen LogP contribution < -0.4 is 10.1 Å². The minimum atomic E-state index is -0.597. The molecule has 1 N–H and O–H groups in total. The highest BCUT2D eigenvalue weighted by Crippen LogP contribution is 2.34. The number of halogens is 2. The van der Waals surface area contributed by atoms with Gasteiger partial charge in [0.1, 0.15) is 12.4 Å². The van der Waals surface area contributed by atoms with Crippen molar-refractivity contribution >= 4 is 35.0 Å². The molecular weight excluding hydrogens is 303 g/mol. The largest absolute Gasteiger partial charge is 0.494 e. The number of rotatable bonds is 6. The van der Waals surface area contributed by atoms with E-state index in [4.69, 9.17) is 32.7 Å². The molecule has 0 aliphatic carbocycles. The second-order valence-electron chi connectivity index (χ2n) is 4.26. The van der Waals surface area contributed by atoms with E-state index in [1.54, 1.807) is 12.1 Å². The number of benzene rings is 1. The van der Waals surface area contributed by atoms with Gasteiger partial charge < -0.3 is 14.4 Å². The number of amides is 1. The van der Waals surface area contributed by atoms with Crippen LogP contribution in [0.1, 0.15) is 6.92 Å². The van der Waals surface area contributed by atoms with Crippen molar-refractivity contribution in [1.29, 1.82) is 0 Å². The minimum absolute atomic E-state index is 0.283. The third-order valence-corrected chi connectivity index (χ3v) is 2.92. The van der Waals surface area contributed by atoms with Gasteiger partial charge in [0.15, 0.2) is 0 Å². The smallest absolute Gasteiger partial charge is 0.411 e. The predicted molar refractivity (Wildman–Crippen MR) is 81.2 cm³/mol. The standard InChI is InChI=1S/C13H18Cl2N2O3/c1-4-19-9-7-10(14)12(11(15)8-9)16-13(18)20-6-5-17(2)3/h7-8H,4-6H2,1-3H3,(H,16,18). The summed E-state index contributed by atoms with van der Waals surface area (Å²) in [5, 5.41) is 3.12. The maximum absolute atomic E-state index is 11.6. The van der Waals surface area contributed by atoms with E-state index >= 15 is 0 Å². The van der Waals surface area contributed by atoms with Crippen molar-refractivity contribution in [2.24, 2.45) is 0 Å². The van der Waals surface area contributed by atoms with Gasteiger partial charge in [0, 0.05) is 18.7 Å². The van der Waals surface area contributed by atoms with E-state index in [0.29, 0.717) is 34.6 Å². The highest BCUT2D eigenvalue weighted by atomic mass is 35.5. The highest BCUT2D eigenvalue weighted by Gasteiger charge is 2.13. The zero-order valence-corrected chi connectivity index (χ0v) is 13.2. The summed E-state index contributed by atoms with van der Waals surface area (Å²) in [6.45, 7) is 3.28. The van der Waals surface area contributed by atoms with E-state index in [2.05, 4.69) is 5.32 Å². The molecule has 0 aliphatic rings. The molecule has 0 unspecified atom stereocenters. The van der Waals surface area contributed by atoms with Crippen LogP contribution in [0, 0.1) is 0 Å². The van der Waals surface area contributed by atoms with Crippen LogP contribution in [-0.4, -0.2) is 44.8 Å². The van der Waals surface area contributed by atoms with Gasteiger partial charge in [0.05, 0.1) is 22.3 Å². The molecule has 0 saturated carbocycles. The molecule has 0 aromatic heterocycles. The van der Waals surface area contributed by atoms with Gasteiger partial charge in [0.25, 0.3) is 0 Å². The third-order valence-electron chi connectivity index (χ3n) is 2.33. The molecule has 112 valence electrons. The number of hydrogen-bond donors (Lipinski definition) is 1. The molecule has 1 amide bonds. The van der Waals surface area contributed by atoms with E-state index in [1.165, 1.54) is 0 Å². The van der Waals surface area contributed by atoms with E-state index in [-0.39, 0.29) is 6.61 Å². The summed E-state index contributed by atoms with van der Waals surface area (Å²) < 4.78 is 10.3. The SMILES string of the molecule is CCOc1cc(Cl)c(NC(=O)OCCN(C)C)c(Cl)c1. The molecule has 1 rings (SSSR count). The molecule has 20 heavy (non-hydrogen) atoms.